The largest absolute Gasteiger partial charge is 0.392 e. The molecule has 3 heteroatoms. The van der Waals surface area contributed by atoms with E-state index in [-0.39, 0.29) is 6.10 Å². The molecular weight excluding hydrogens is 184 g/mol. The Morgan fingerprint density at radius 3 is 3.08 bits per heavy atom. The molecule has 1 aliphatic heterocycles. The molecule has 1 fully saturated rings. The summed E-state index contributed by atoms with van der Waals surface area (Å²) in [5.41, 5.74) is 0. The Morgan fingerprint density at radius 2 is 2.46 bits per heavy atom. The monoisotopic (exact) mass is 204 g/mol. The second kappa shape index (κ2) is 6.68. The van der Waals surface area contributed by atoms with Crippen molar-refractivity contribution in [1.82, 2.24) is 0 Å². The van der Waals surface area contributed by atoms with Crippen LogP contribution in [0.1, 0.15) is 32.6 Å². The van der Waals surface area contributed by atoms with E-state index in [0.29, 0.717) is 6.10 Å². The first-order chi connectivity index (χ1) is 6.33. The molecule has 1 saturated heterocycles. The van der Waals surface area contributed by atoms with Gasteiger partial charge in [0.05, 0.1) is 12.2 Å². The molecule has 2 unspecified atom stereocenters. The molecule has 0 aromatic rings. The van der Waals surface area contributed by atoms with Gasteiger partial charge in [-0.25, -0.2) is 0 Å². The van der Waals surface area contributed by atoms with Crippen LogP contribution in [0.3, 0.4) is 0 Å². The summed E-state index contributed by atoms with van der Waals surface area (Å²) >= 11 is 1.81. The zero-order chi connectivity index (χ0) is 9.52. The van der Waals surface area contributed by atoms with Crippen molar-refractivity contribution in [3.05, 3.63) is 0 Å². The number of hydrogen-bond acceptors (Lipinski definition) is 3. The van der Waals surface area contributed by atoms with Crippen LogP contribution in [0.4, 0.5) is 0 Å². The number of aliphatic hydroxyl groups is 1. The highest BCUT2D eigenvalue weighted by atomic mass is 32.2. The van der Waals surface area contributed by atoms with Crippen LogP contribution in [-0.2, 0) is 4.74 Å². The lowest BCUT2D eigenvalue weighted by molar-refractivity contribution is 0.0861. The summed E-state index contributed by atoms with van der Waals surface area (Å²) in [6, 6.07) is 0. The number of aliphatic hydroxyl groups excluding tert-OH is 1. The van der Waals surface area contributed by atoms with E-state index in [4.69, 9.17) is 4.74 Å². The highest BCUT2D eigenvalue weighted by Gasteiger charge is 2.16. The maximum absolute atomic E-state index is 9.56. The Morgan fingerprint density at radius 1 is 1.62 bits per heavy atom. The summed E-state index contributed by atoms with van der Waals surface area (Å²) in [4.78, 5) is 0. The number of thioether (sulfide) groups is 1. The van der Waals surface area contributed by atoms with Crippen molar-refractivity contribution in [1.29, 1.82) is 0 Å². The van der Waals surface area contributed by atoms with Crippen molar-refractivity contribution >= 4 is 11.8 Å². The van der Waals surface area contributed by atoms with Crippen LogP contribution in [0.5, 0.6) is 0 Å². The van der Waals surface area contributed by atoms with Gasteiger partial charge in [0, 0.05) is 12.4 Å². The molecule has 0 aromatic heterocycles. The first-order valence-electron chi connectivity index (χ1n) is 5.20. The number of hydrogen-bond donors (Lipinski definition) is 1. The SMILES string of the molecule is CCSCC(O)CCC1CCCO1. The molecule has 1 heterocycles. The molecule has 1 N–H and O–H groups in total. The average Bonchev–Trinajstić information content (AvgIpc) is 2.64. The predicted molar refractivity (Wildman–Crippen MR) is 57.2 cm³/mol. The number of ether oxygens (including phenoxy) is 1. The van der Waals surface area contributed by atoms with Crippen molar-refractivity contribution in [2.45, 2.75) is 44.8 Å². The molecule has 1 rings (SSSR count). The van der Waals surface area contributed by atoms with Gasteiger partial charge in [-0.3, -0.25) is 0 Å². The van der Waals surface area contributed by atoms with Gasteiger partial charge in [-0.2, -0.15) is 11.8 Å². The van der Waals surface area contributed by atoms with Crippen molar-refractivity contribution < 1.29 is 9.84 Å². The van der Waals surface area contributed by atoms with Crippen molar-refractivity contribution in [2.24, 2.45) is 0 Å². The van der Waals surface area contributed by atoms with E-state index in [9.17, 15) is 5.11 Å². The summed E-state index contributed by atoms with van der Waals surface area (Å²) < 4.78 is 5.49. The molecule has 0 aliphatic carbocycles. The molecule has 0 radical (unpaired) electrons. The fourth-order valence-corrected chi connectivity index (χ4v) is 2.26. The molecule has 2 nitrogen and oxygen atoms in total. The summed E-state index contributed by atoms with van der Waals surface area (Å²) in [6.45, 7) is 3.04. The van der Waals surface area contributed by atoms with E-state index in [1.54, 1.807) is 0 Å². The Hall–Kier alpha value is 0.270. The van der Waals surface area contributed by atoms with Gasteiger partial charge in [0.15, 0.2) is 0 Å². The first-order valence-corrected chi connectivity index (χ1v) is 6.35. The van der Waals surface area contributed by atoms with Gasteiger partial charge in [-0.05, 0) is 31.4 Å². The van der Waals surface area contributed by atoms with Crippen LogP contribution in [0, 0.1) is 0 Å². The van der Waals surface area contributed by atoms with Crippen LogP contribution < -0.4 is 0 Å². The summed E-state index contributed by atoms with van der Waals surface area (Å²) in [5, 5.41) is 9.56. The molecule has 0 bridgehead atoms. The van der Waals surface area contributed by atoms with Crippen molar-refractivity contribution in [3.8, 4) is 0 Å². The highest BCUT2D eigenvalue weighted by molar-refractivity contribution is 7.99. The zero-order valence-corrected chi connectivity index (χ0v) is 9.18. The summed E-state index contributed by atoms with van der Waals surface area (Å²) in [7, 11) is 0. The fraction of sp³-hybridized carbons (Fsp3) is 1.00. The standard InChI is InChI=1S/C10H20O2S/c1-2-13-8-9(11)5-6-10-4-3-7-12-10/h9-11H,2-8H2,1H3. The Labute approximate surface area is 85.0 Å². The fourth-order valence-electron chi connectivity index (χ4n) is 1.59. The van der Waals surface area contributed by atoms with Crippen LogP contribution in [0.2, 0.25) is 0 Å². The van der Waals surface area contributed by atoms with E-state index in [1.807, 2.05) is 11.8 Å². The topological polar surface area (TPSA) is 29.5 Å². The van der Waals surface area contributed by atoms with E-state index in [2.05, 4.69) is 6.92 Å². The van der Waals surface area contributed by atoms with E-state index in [0.717, 1.165) is 31.0 Å². The Kier molecular flexibility index (Phi) is 5.83. The molecule has 0 aromatic carbocycles. The van der Waals surface area contributed by atoms with E-state index >= 15 is 0 Å². The minimum absolute atomic E-state index is 0.130. The lowest BCUT2D eigenvalue weighted by Gasteiger charge is -2.12. The van der Waals surface area contributed by atoms with Gasteiger partial charge in [0.2, 0.25) is 0 Å². The average molecular weight is 204 g/mol. The van der Waals surface area contributed by atoms with Gasteiger partial charge in [0.25, 0.3) is 0 Å². The minimum atomic E-state index is -0.130. The molecule has 13 heavy (non-hydrogen) atoms. The summed E-state index contributed by atoms with van der Waals surface area (Å²) in [5.74, 6) is 1.97. The second-order valence-corrected chi connectivity index (χ2v) is 4.84. The third-order valence-electron chi connectivity index (χ3n) is 2.36. The van der Waals surface area contributed by atoms with Crippen LogP contribution >= 0.6 is 11.8 Å². The lowest BCUT2D eigenvalue weighted by Crippen LogP contribution is -2.14. The summed E-state index contributed by atoms with van der Waals surface area (Å²) in [6.07, 6.45) is 4.62. The molecule has 0 spiro atoms. The van der Waals surface area contributed by atoms with Gasteiger partial charge >= 0.3 is 0 Å². The molecule has 2 atom stereocenters. The third kappa shape index (κ3) is 4.89. The first kappa shape index (κ1) is 11.3. The van der Waals surface area contributed by atoms with Gasteiger partial charge in [0.1, 0.15) is 0 Å². The maximum Gasteiger partial charge on any atom is 0.0631 e. The lowest BCUT2D eigenvalue weighted by atomic mass is 10.1. The van der Waals surface area contributed by atoms with Gasteiger partial charge < -0.3 is 9.84 Å². The van der Waals surface area contributed by atoms with Crippen LogP contribution in [-0.4, -0.2) is 35.4 Å². The van der Waals surface area contributed by atoms with Gasteiger partial charge in [-0.1, -0.05) is 6.92 Å². The zero-order valence-electron chi connectivity index (χ0n) is 8.37. The van der Waals surface area contributed by atoms with E-state index < -0.39 is 0 Å². The molecule has 0 saturated carbocycles. The maximum atomic E-state index is 9.56. The molecule has 0 amide bonds. The third-order valence-corrected chi connectivity index (χ3v) is 3.39. The normalized spacial score (nSPS) is 24.9. The van der Waals surface area contributed by atoms with Crippen molar-refractivity contribution in [2.75, 3.05) is 18.1 Å². The van der Waals surface area contributed by atoms with E-state index in [1.165, 1.54) is 12.8 Å². The quantitative estimate of drug-likeness (QED) is 0.718. The minimum Gasteiger partial charge on any atom is -0.392 e. The molecule has 78 valence electrons. The van der Waals surface area contributed by atoms with Crippen molar-refractivity contribution in [3.63, 3.8) is 0 Å². The van der Waals surface area contributed by atoms with Crippen LogP contribution in [0.25, 0.3) is 0 Å². The highest BCUT2D eigenvalue weighted by Crippen LogP contribution is 2.18. The molecular formula is C10H20O2S. The van der Waals surface area contributed by atoms with Gasteiger partial charge in [-0.15, -0.1) is 0 Å². The Balaban J connectivity index is 1.97. The smallest absolute Gasteiger partial charge is 0.0631 e. The Bertz CT molecular complexity index is 124. The second-order valence-electron chi connectivity index (χ2n) is 3.53. The predicted octanol–water partition coefficient (Wildman–Crippen LogP) is 2.06. The van der Waals surface area contributed by atoms with Crippen LogP contribution in [0.15, 0.2) is 0 Å². The molecule has 1 aliphatic rings. The number of rotatable bonds is 6.